The molecule has 0 spiro atoms. The van der Waals surface area contributed by atoms with Crippen LogP contribution in [0.3, 0.4) is 0 Å². The summed E-state index contributed by atoms with van der Waals surface area (Å²) in [5.74, 6) is 0.359. The summed E-state index contributed by atoms with van der Waals surface area (Å²) in [5, 5.41) is 0. The molecule has 0 aromatic rings. The van der Waals surface area contributed by atoms with Gasteiger partial charge in [0.05, 0.1) is 0 Å². The van der Waals surface area contributed by atoms with Crippen LogP contribution in [0, 0.1) is 5.92 Å². The van der Waals surface area contributed by atoms with Crippen LogP contribution in [-0.2, 0) is 9.59 Å². The van der Waals surface area contributed by atoms with Gasteiger partial charge in [0.1, 0.15) is 5.78 Å². The van der Waals surface area contributed by atoms with E-state index in [2.05, 4.69) is 0 Å². The molecule has 0 aromatic carbocycles. The highest BCUT2D eigenvalue weighted by Gasteiger charge is 2.28. The van der Waals surface area contributed by atoms with E-state index < -0.39 is 0 Å². The number of likely N-dealkylation sites (tertiary alicyclic amines) is 1. The Kier molecular flexibility index (Phi) is 7.86. The van der Waals surface area contributed by atoms with E-state index in [1.54, 1.807) is 0 Å². The summed E-state index contributed by atoms with van der Waals surface area (Å²) in [4.78, 5) is 24.9. The maximum absolute atomic E-state index is 11.8. The van der Waals surface area contributed by atoms with Gasteiger partial charge in [-0.3, -0.25) is 9.59 Å². The van der Waals surface area contributed by atoms with E-state index in [0.29, 0.717) is 12.8 Å². The lowest BCUT2D eigenvalue weighted by Gasteiger charge is -2.31. The Hall–Kier alpha value is -0.860. The van der Waals surface area contributed by atoms with E-state index >= 15 is 0 Å². The van der Waals surface area contributed by atoms with Crippen molar-refractivity contribution in [2.45, 2.75) is 53.4 Å². The molecule has 1 heterocycles. The molecular formula is C13H25NO2. The quantitative estimate of drug-likeness (QED) is 0.740. The van der Waals surface area contributed by atoms with E-state index in [0.717, 1.165) is 25.9 Å². The molecule has 1 aliphatic heterocycles. The fraction of sp³-hybridized carbons (Fsp3) is 0.846. The zero-order valence-corrected chi connectivity index (χ0v) is 11.1. The van der Waals surface area contributed by atoms with Crippen LogP contribution in [0.15, 0.2) is 0 Å². The number of amides is 1. The van der Waals surface area contributed by atoms with E-state index in [-0.39, 0.29) is 17.6 Å². The Morgan fingerprint density at radius 1 is 1.38 bits per heavy atom. The molecule has 1 amide bonds. The van der Waals surface area contributed by atoms with Crippen LogP contribution in [0.2, 0.25) is 0 Å². The first-order valence-electron chi connectivity index (χ1n) is 6.49. The molecule has 0 bridgehead atoms. The summed E-state index contributed by atoms with van der Waals surface area (Å²) in [6.45, 7) is 9.48. The van der Waals surface area contributed by atoms with Crippen molar-refractivity contribution in [3.63, 3.8) is 0 Å². The number of hydrogen-bond donors (Lipinski definition) is 0. The van der Waals surface area contributed by atoms with E-state index in [1.807, 2.05) is 32.6 Å². The predicted molar refractivity (Wildman–Crippen MR) is 66.2 cm³/mol. The maximum Gasteiger partial charge on any atom is 0.226 e. The van der Waals surface area contributed by atoms with Gasteiger partial charge in [-0.25, -0.2) is 0 Å². The Morgan fingerprint density at radius 3 is 2.50 bits per heavy atom. The van der Waals surface area contributed by atoms with Gasteiger partial charge in [0.25, 0.3) is 0 Å². The first kappa shape index (κ1) is 15.1. The third kappa shape index (κ3) is 4.33. The fourth-order valence-corrected chi connectivity index (χ4v) is 1.94. The lowest BCUT2D eigenvalue weighted by atomic mass is 9.91. The van der Waals surface area contributed by atoms with Crippen molar-refractivity contribution in [3.05, 3.63) is 0 Å². The van der Waals surface area contributed by atoms with Gasteiger partial charge >= 0.3 is 0 Å². The highest BCUT2D eigenvalue weighted by atomic mass is 16.2. The van der Waals surface area contributed by atoms with Crippen molar-refractivity contribution < 1.29 is 9.59 Å². The van der Waals surface area contributed by atoms with Crippen LogP contribution >= 0.6 is 0 Å². The summed E-state index contributed by atoms with van der Waals surface area (Å²) in [6.07, 6.45) is 2.93. The average molecular weight is 227 g/mol. The van der Waals surface area contributed by atoms with Crippen molar-refractivity contribution in [3.8, 4) is 0 Å². The minimum absolute atomic E-state index is 0.0313. The normalized spacial score (nSPS) is 20.1. The number of hydrogen-bond acceptors (Lipinski definition) is 2. The summed E-state index contributed by atoms with van der Waals surface area (Å²) in [7, 11) is 0. The van der Waals surface area contributed by atoms with Crippen LogP contribution in [0.4, 0.5) is 0 Å². The monoisotopic (exact) mass is 227 g/mol. The Bertz CT molecular complexity index is 226. The number of rotatable bonds is 4. The first-order valence-corrected chi connectivity index (χ1v) is 6.49. The SMILES string of the molecule is CC.CCC(=O)CC1CCCN(CC)C1=O. The Balaban J connectivity index is 0.00000106. The van der Waals surface area contributed by atoms with Crippen LogP contribution in [0.5, 0.6) is 0 Å². The molecule has 0 aliphatic carbocycles. The van der Waals surface area contributed by atoms with E-state index in [4.69, 9.17) is 0 Å². The van der Waals surface area contributed by atoms with Gasteiger partial charge in [0.15, 0.2) is 0 Å². The molecule has 1 fully saturated rings. The number of ketones is 1. The molecule has 3 nitrogen and oxygen atoms in total. The van der Waals surface area contributed by atoms with Gasteiger partial charge in [-0.05, 0) is 19.8 Å². The number of carbonyl (C=O) groups is 2. The molecule has 1 aliphatic rings. The molecule has 3 heteroatoms. The molecule has 0 aromatic heterocycles. The second-order valence-corrected chi connectivity index (χ2v) is 3.85. The minimum Gasteiger partial charge on any atom is -0.343 e. The molecule has 94 valence electrons. The number of piperidine rings is 1. The highest BCUT2D eigenvalue weighted by Crippen LogP contribution is 2.21. The number of Topliss-reactive ketones (excluding diaryl/α,β-unsaturated/α-hetero) is 1. The Morgan fingerprint density at radius 2 is 2.00 bits per heavy atom. The lowest BCUT2D eigenvalue weighted by molar-refractivity contribution is -0.140. The third-order valence-corrected chi connectivity index (χ3v) is 2.89. The Labute approximate surface area is 99.2 Å². The van der Waals surface area contributed by atoms with Crippen LogP contribution in [-0.4, -0.2) is 29.7 Å². The van der Waals surface area contributed by atoms with Gasteiger partial charge in [0.2, 0.25) is 5.91 Å². The number of carbonyl (C=O) groups excluding carboxylic acids is 2. The molecule has 0 radical (unpaired) electrons. The van der Waals surface area contributed by atoms with Gasteiger partial charge in [-0.2, -0.15) is 0 Å². The van der Waals surface area contributed by atoms with Crippen molar-refractivity contribution in [1.29, 1.82) is 0 Å². The minimum atomic E-state index is -0.0313. The van der Waals surface area contributed by atoms with E-state index in [9.17, 15) is 9.59 Å². The van der Waals surface area contributed by atoms with Crippen molar-refractivity contribution in [2.75, 3.05) is 13.1 Å². The van der Waals surface area contributed by atoms with Gasteiger partial charge in [-0.1, -0.05) is 20.8 Å². The highest BCUT2D eigenvalue weighted by molar-refractivity contribution is 5.87. The summed E-state index contributed by atoms with van der Waals surface area (Å²) >= 11 is 0. The average Bonchev–Trinajstić information content (AvgIpc) is 2.34. The summed E-state index contributed by atoms with van der Waals surface area (Å²) in [5.41, 5.74) is 0. The molecule has 1 unspecified atom stereocenters. The smallest absolute Gasteiger partial charge is 0.226 e. The molecule has 0 saturated carbocycles. The molecule has 0 N–H and O–H groups in total. The predicted octanol–water partition coefficient (Wildman–Crippen LogP) is 2.64. The van der Waals surface area contributed by atoms with Gasteiger partial charge in [0, 0.05) is 31.8 Å². The first-order chi connectivity index (χ1) is 7.69. The number of nitrogens with zero attached hydrogens (tertiary/aromatic N) is 1. The fourth-order valence-electron chi connectivity index (χ4n) is 1.94. The van der Waals surface area contributed by atoms with Crippen LogP contribution < -0.4 is 0 Å². The summed E-state index contributed by atoms with van der Waals surface area (Å²) in [6, 6.07) is 0. The second-order valence-electron chi connectivity index (χ2n) is 3.85. The van der Waals surface area contributed by atoms with Crippen molar-refractivity contribution >= 4 is 11.7 Å². The zero-order valence-electron chi connectivity index (χ0n) is 11.1. The standard InChI is InChI=1S/C11H19NO2.C2H6/c1-3-10(13)8-9-6-5-7-12(4-2)11(9)14;1-2/h9H,3-8H2,1-2H3;1-2H3. The van der Waals surface area contributed by atoms with Crippen LogP contribution in [0.1, 0.15) is 53.4 Å². The molecule has 1 rings (SSSR count). The zero-order chi connectivity index (χ0) is 12.6. The molecule has 16 heavy (non-hydrogen) atoms. The molecular weight excluding hydrogens is 202 g/mol. The van der Waals surface area contributed by atoms with Crippen LogP contribution in [0.25, 0.3) is 0 Å². The largest absolute Gasteiger partial charge is 0.343 e. The topological polar surface area (TPSA) is 37.4 Å². The van der Waals surface area contributed by atoms with Gasteiger partial charge < -0.3 is 4.90 Å². The molecule has 1 atom stereocenters. The van der Waals surface area contributed by atoms with Crippen molar-refractivity contribution in [1.82, 2.24) is 4.90 Å². The van der Waals surface area contributed by atoms with E-state index in [1.165, 1.54) is 0 Å². The lowest BCUT2D eigenvalue weighted by Crippen LogP contribution is -2.41. The summed E-state index contributed by atoms with van der Waals surface area (Å²) < 4.78 is 0. The molecule has 1 saturated heterocycles. The second kappa shape index (κ2) is 8.31. The maximum atomic E-state index is 11.8. The third-order valence-electron chi connectivity index (χ3n) is 2.89. The van der Waals surface area contributed by atoms with Gasteiger partial charge in [-0.15, -0.1) is 0 Å². The van der Waals surface area contributed by atoms with Crippen molar-refractivity contribution in [2.24, 2.45) is 5.92 Å².